The van der Waals surface area contributed by atoms with E-state index in [1.54, 1.807) is 6.92 Å². The van der Waals surface area contributed by atoms with E-state index in [-0.39, 0.29) is 5.54 Å². The number of rotatable bonds is 4. The molecule has 0 saturated carbocycles. The Morgan fingerprint density at radius 3 is 2.50 bits per heavy atom. The summed E-state index contributed by atoms with van der Waals surface area (Å²) in [6.45, 7) is 6.85. The first kappa shape index (κ1) is 11.0. The molecule has 0 aliphatic carbocycles. The van der Waals surface area contributed by atoms with Crippen LogP contribution in [0.2, 0.25) is 0 Å². The Morgan fingerprint density at radius 1 is 1.43 bits per heavy atom. The number of nitrogens with zero attached hydrogens (tertiary/aromatic N) is 3. The van der Waals surface area contributed by atoms with Crippen molar-refractivity contribution < 1.29 is 4.52 Å². The van der Waals surface area contributed by atoms with Crippen molar-refractivity contribution in [3.05, 3.63) is 5.82 Å². The molecular weight excluding hydrogens is 180 g/mol. The lowest BCUT2D eigenvalue weighted by Gasteiger charge is -2.32. The van der Waals surface area contributed by atoms with Crippen LogP contribution in [-0.4, -0.2) is 41.2 Å². The second-order valence-corrected chi connectivity index (χ2v) is 4.21. The van der Waals surface area contributed by atoms with Crippen LogP contribution in [0.15, 0.2) is 4.52 Å². The maximum Gasteiger partial charge on any atom is 0.321 e. The molecule has 0 fully saturated rings. The summed E-state index contributed by atoms with van der Waals surface area (Å²) in [5.74, 6) is 0.648. The molecule has 5 nitrogen and oxygen atoms in total. The molecule has 14 heavy (non-hydrogen) atoms. The van der Waals surface area contributed by atoms with E-state index >= 15 is 0 Å². The average Bonchev–Trinajstić information content (AvgIpc) is 2.48. The summed E-state index contributed by atoms with van der Waals surface area (Å²) in [6.07, 6.45) is 0. The molecule has 0 atom stereocenters. The molecule has 0 aromatic carbocycles. The number of anilines is 1. The molecule has 0 aliphatic heterocycles. The van der Waals surface area contributed by atoms with E-state index in [0.29, 0.717) is 11.8 Å². The summed E-state index contributed by atoms with van der Waals surface area (Å²) >= 11 is 0. The van der Waals surface area contributed by atoms with Gasteiger partial charge in [0.15, 0.2) is 5.82 Å². The zero-order valence-electron chi connectivity index (χ0n) is 9.46. The summed E-state index contributed by atoms with van der Waals surface area (Å²) in [4.78, 5) is 6.21. The highest BCUT2D eigenvalue weighted by Crippen LogP contribution is 2.11. The lowest BCUT2D eigenvalue weighted by atomic mass is 10.1. The third kappa shape index (κ3) is 2.70. The van der Waals surface area contributed by atoms with E-state index in [2.05, 4.69) is 34.2 Å². The van der Waals surface area contributed by atoms with Crippen LogP contribution in [0, 0.1) is 6.92 Å². The van der Waals surface area contributed by atoms with E-state index in [0.717, 1.165) is 6.54 Å². The fraction of sp³-hybridized carbons (Fsp3) is 0.778. The zero-order chi connectivity index (χ0) is 10.8. The highest BCUT2D eigenvalue weighted by Gasteiger charge is 2.20. The van der Waals surface area contributed by atoms with Gasteiger partial charge in [-0.1, -0.05) is 5.16 Å². The second-order valence-electron chi connectivity index (χ2n) is 4.21. The lowest BCUT2D eigenvalue weighted by molar-refractivity contribution is 0.208. The Labute approximate surface area is 84.5 Å². The Bertz CT molecular complexity index is 293. The SMILES string of the molecule is Cc1noc(NCC(C)(C)N(C)C)n1. The minimum atomic E-state index is 0.0579. The minimum Gasteiger partial charge on any atom is -0.336 e. The Kier molecular flexibility index (Phi) is 3.10. The Hall–Kier alpha value is -1.10. The van der Waals surface area contributed by atoms with Gasteiger partial charge in [-0.3, -0.25) is 0 Å². The average molecular weight is 198 g/mol. The fourth-order valence-corrected chi connectivity index (χ4v) is 0.819. The van der Waals surface area contributed by atoms with Crippen molar-refractivity contribution in [3.8, 4) is 0 Å². The summed E-state index contributed by atoms with van der Waals surface area (Å²) < 4.78 is 4.95. The van der Waals surface area contributed by atoms with Crippen LogP contribution in [0.25, 0.3) is 0 Å². The number of nitrogens with one attached hydrogen (secondary N) is 1. The predicted molar refractivity (Wildman–Crippen MR) is 55.3 cm³/mol. The van der Waals surface area contributed by atoms with Crippen LogP contribution in [-0.2, 0) is 0 Å². The van der Waals surface area contributed by atoms with Gasteiger partial charge in [0.1, 0.15) is 0 Å². The maximum atomic E-state index is 4.95. The first-order chi connectivity index (χ1) is 6.42. The van der Waals surface area contributed by atoms with Crippen LogP contribution in [0.3, 0.4) is 0 Å². The highest BCUT2D eigenvalue weighted by molar-refractivity contribution is 5.19. The number of aromatic nitrogens is 2. The van der Waals surface area contributed by atoms with Gasteiger partial charge in [0.05, 0.1) is 0 Å². The van der Waals surface area contributed by atoms with E-state index in [9.17, 15) is 0 Å². The van der Waals surface area contributed by atoms with Crippen molar-refractivity contribution in [2.45, 2.75) is 26.3 Å². The fourth-order valence-electron chi connectivity index (χ4n) is 0.819. The Morgan fingerprint density at radius 2 is 2.07 bits per heavy atom. The molecule has 0 amide bonds. The van der Waals surface area contributed by atoms with Crippen molar-refractivity contribution in [2.75, 3.05) is 26.0 Å². The van der Waals surface area contributed by atoms with Crippen molar-refractivity contribution in [1.82, 2.24) is 15.0 Å². The molecule has 0 radical (unpaired) electrons. The van der Waals surface area contributed by atoms with E-state index in [1.165, 1.54) is 0 Å². The molecule has 1 aromatic heterocycles. The Balaban J connectivity index is 2.48. The zero-order valence-corrected chi connectivity index (χ0v) is 9.46. The van der Waals surface area contributed by atoms with Gasteiger partial charge in [-0.05, 0) is 34.9 Å². The van der Waals surface area contributed by atoms with Gasteiger partial charge in [-0.2, -0.15) is 4.98 Å². The molecule has 1 aromatic rings. The molecule has 0 spiro atoms. The van der Waals surface area contributed by atoms with Crippen LogP contribution in [0.5, 0.6) is 0 Å². The summed E-state index contributed by atoms with van der Waals surface area (Å²) in [6, 6.07) is 0.484. The summed E-state index contributed by atoms with van der Waals surface area (Å²) in [5, 5.41) is 6.81. The van der Waals surface area contributed by atoms with Crippen molar-refractivity contribution in [2.24, 2.45) is 0 Å². The van der Waals surface area contributed by atoms with Crippen molar-refractivity contribution in [3.63, 3.8) is 0 Å². The van der Waals surface area contributed by atoms with Crippen LogP contribution in [0.4, 0.5) is 6.01 Å². The molecule has 0 aliphatic rings. The van der Waals surface area contributed by atoms with E-state index in [4.69, 9.17) is 4.52 Å². The molecule has 1 heterocycles. The third-order valence-corrected chi connectivity index (χ3v) is 2.41. The summed E-state index contributed by atoms with van der Waals surface area (Å²) in [7, 11) is 4.08. The second kappa shape index (κ2) is 3.96. The predicted octanol–water partition coefficient (Wildman–Crippen LogP) is 1.13. The standard InChI is InChI=1S/C9H18N4O/c1-7-11-8(14-12-7)10-6-9(2,3)13(4)5/h6H2,1-5H3,(H,10,11,12). The topological polar surface area (TPSA) is 54.2 Å². The van der Waals surface area contributed by atoms with Crippen molar-refractivity contribution >= 4 is 6.01 Å². The van der Waals surface area contributed by atoms with Gasteiger partial charge in [0, 0.05) is 12.1 Å². The minimum absolute atomic E-state index is 0.0579. The van der Waals surface area contributed by atoms with Crippen LogP contribution in [0.1, 0.15) is 19.7 Å². The van der Waals surface area contributed by atoms with Crippen LogP contribution >= 0.6 is 0 Å². The lowest BCUT2D eigenvalue weighted by Crippen LogP contribution is -2.44. The van der Waals surface area contributed by atoms with Crippen LogP contribution < -0.4 is 5.32 Å². The van der Waals surface area contributed by atoms with Gasteiger partial charge in [0.25, 0.3) is 0 Å². The van der Waals surface area contributed by atoms with Crippen molar-refractivity contribution in [1.29, 1.82) is 0 Å². The maximum absolute atomic E-state index is 4.95. The molecule has 1 N–H and O–H groups in total. The number of aryl methyl sites for hydroxylation is 1. The van der Waals surface area contributed by atoms with Gasteiger partial charge in [-0.25, -0.2) is 0 Å². The third-order valence-electron chi connectivity index (χ3n) is 2.41. The van der Waals surface area contributed by atoms with Gasteiger partial charge in [0.2, 0.25) is 0 Å². The molecule has 80 valence electrons. The quantitative estimate of drug-likeness (QED) is 0.786. The van der Waals surface area contributed by atoms with E-state index in [1.807, 2.05) is 14.1 Å². The highest BCUT2D eigenvalue weighted by atomic mass is 16.5. The smallest absolute Gasteiger partial charge is 0.321 e. The largest absolute Gasteiger partial charge is 0.336 e. The first-order valence-electron chi connectivity index (χ1n) is 4.63. The number of hydrogen-bond acceptors (Lipinski definition) is 5. The van der Waals surface area contributed by atoms with E-state index < -0.39 is 0 Å². The number of likely N-dealkylation sites (N-methyl/N-ethyl adjacent to an activating group) is 1. The van der Waals surface area contributed by atoms with Gasteiger partial charge < -0.3 is 14.7 Å². The summed E-state index contributed by atoms with van der Waals surface area (Å²) in [5.41, 5.74) is 0.0579. The normalized spacial score (nSPS) is 12.1. The molecule has 0 bridgehead atoms. The van der Waals surface area contributed by atoms with Gasteiger partial charge in [-0.15, -0.1) is 0 Å². The molecular formula is C9H18N4O. The molecule has 0 saturated heterocycles. The molecule has 5 heteroatoms. The molecule has 1 rings (SSSR count). The molecule has 0 unspecified atom stereocenters. The first-order valence-corrected chi connectivity index (χ1v) is 4.63. The number of hydrogen-bond donors (Lipinski definition) is 1. The monoisotopic (exact) mass is 198 g/mol. The van der Waals surface area contributed by atoms with Gasteiger partial charge >= 0.3 is 6.01 Å².